The van der Waals surface area contributed by atoms with Gasteiger partial charge in [0.2, 0.25) is 5.91 Å². The van der Waals surface area contributed by atoms with Gasteiger partial charge in [0, 0.05) is 11.4 Å². The van der Waals surface area contributed by atoms with Crippen LogP contribution in [0, 0.1) is 5.82 Å². The molecule has 0 aliphatic heterocycles. The molecule has 29 heavy (non-hydrogen) atoms. The monoisotopic (exact) mass is 412 g/mol. The van der Waals surface area contributed by atoms with Gasteiger partial charge in [0.05, 0.1) is 11.3 Å². The van der Waals surface area contributed by atoms with Crippen molar-refractivity contribution in [1.82, 2.24) is 0 Å². The van der Waals surface area contributed by atoms with Gasteiger partial charge in [0.15, 0.2) is 0 Å². The van der Waals surface area contributed by atoms with Crippen molar-refractivity contribution in [3.05, 3.63) is 89.7 Å². The largest absolute Gasteiger partial charge is 0.326 e. The van der Waals surface area contributed by atoms with E-state index in [0.717, 1.165) is 35.4 Å². The lowest BCUT2D eigenvalue weighted by Crippen LogP contribution is -2.15. The summed E-state index contributed by atoms with van der Waals surface area (Å²) in [7, 11) is -3.81. The van der Waals surface area contributed by atoms with Crippen molar-refractivity contribution < 1.29 is 17.6 Å². The molecule has 0 atom stereocenters. The zero-order valence-corrected chi connectivity index (χ0v) is 16.7. The van der Waals surface area contributed by atoms with Gasteiger partial charge >= 0.3 is 0 Å². The van der Waals surface area contributed by atoms with E-state index < -0.39 is 15.8 Å². The van der Waals surface area contributed by atoms with Crippen LogP contribution in [0.25, 0.3) is 0 Å². The molecule has 1 amide bonds. The van der Waals surface area contributed by atoms with Gasteiger partial charge in [-0.05, 0) is 66.1 Å². The molecule has 0 radical (unpaired) electrons. The molecular formula is C22H21FN2O3S. The summed E-state index contributed by atoms with van der Waals surface area (Å²) in [4.78, 5) is 12.2. The van der Waals surface area contributed by atoms with Crippen molar-refractivity contribution in [3.8, 4) is 0 Å². The van der Waals surface area contributed by atoms with Gasteiger partial charge < -0.3 is 5.32 Å². The van der Waals surface area contributed by atoms with E-state index in [9.17, 15) is 17.6 Å². The Kier molecular flexibility index (Phi) is 6.29. The normalized spacial score (nSPS) is 11.1. The minimum atomic E-state index is -3.81. The average Bonchev–Trinajstić information content (AvgIpc) is 2.69. The van der Waals surface area contributed by atoms with E-state index in [1.807, 2.05) is 31.2 Å². The lowest BCUT2D eigenvalue weighted by Gasteiger charge is -2.10. The van der Waals surface area contributed by atoms with Crippen LogP contribution in [0.1, 0.15) is 18.1 Å². The molecule has 0 spiro atoms. The third kappa shape index (κ3) is 5.65. The Hall–Kier alpha value is -3.19. The smallest absolute Gasteiger partial charge is 0.261 e. The maximum absolute atomic E-state index is 13.0. The van der Waals surface area contributed by atoms with Crippen LogP contribution in [0.3, 0.4) is 0 Å². The Morgan fingerprint density at radius 3 is 2.24 bits per heavy atom. The van der Waals surface area contributed by atoms with E-state index in [1.54, 1.807) is 24.3 Å². The number of aryl methyl sites for hydroxylation is 1. The molecule has 7 heteroatoms. The van der Waals surface area contributed by atoms with Crippen molar-refractivity contribution >= 4 is 27.3 Å². The zero-order chi connectivity index (χ0) is 20.9. The second-order valence-corrected chi connectivity index (χ2v) is 8.22. The predicted octanol–water partition coefficient (Wildman–Crippen LogP) is 4.37. The number of carbonyl (C=O) groups excluding carboxylic acids is 1. The van der Waals surface area contributed by atoms with Crippen LogP contribution in [-0.4, -0.2) is 14.3 Å². The molecule has 3 rings (SSSR count). The molecule has 150 valence electrons. The Bertz CT molecular complexity index is 1100. The van der Waals surface area contributed by atoms with E-state index in [2.05, 4.69) is 10.0 Å². The third-order valence-electron chi connectivity index (χ3n) is 4.31. The van der Waals surface area contributed by atoms with Crippen molar-refractivity contribution in [2.45, 2.75) is 24.7 Å². The van der Waals surface area contributed by atoms with Gasteiger partial charge in [-0.2, -0.15) is 0 Å². The van der Waals surface area contributed by atoms with E-state index in [0.29, 0.717) is 5.69 Å². The van der Waals surface area contributed by atoms with Crippen molar-refractivity contribution in [1.29, 1.82) is 0 Å². The Balaban J connectivity index is 1.62. The van der Waals surface area contributed by atoms with Crippen LogP contribution in [0.15, 0.2) is 77.7 Å². The van der Waals surface area contributed by atoms with E-state index in [1.165, 1.54) is 12.1 Å². The Morgan fingerprint density at radius 1 is 0.897 bits per heavy atom. The number of anilines is 2. The number of nitrogens with one attached hydrogen (secondary N) is 2. The van der Waals surface area contributed by atoms with Gasteiger partial charge in [-0.25, -0.2) is 12.8 Å². The maximum atomic E-state index is 13.0. The highest BCUT2D eigenvalue weighted by atomic mass is 32.2. The lowest BCUT2D eigenvalue weighted by molar-refractivity contribution is -0.115. The molecule has 0 aliphatic rings. The highest BCUT2D eigenvalue weighted by Crippen LogP contribution is 2.18. The van der Waals surface area contributed by atoms with Crippen molar-refractivity contribution in [3.63, 3.8) is 0 Å². The number of halogens is 1. The topological polar surface area (TPSA) is 75.3 Å². The van der Waals surface area contributed by atoms with Crippen LogP contribution >= 0.6 is 0 Å². The lowest BCUT2D eigenvalue weighted by atomic mass is 10.1. The highest BCUT2D eigenvalue weighted by molar-refractivity contribution is 7.92. The summed E-state index contributed by atoms with van der Waals surface area (Å²) < 4.78 is 40.1. The SMILES string of the molecule is CCc1cccc(NC(=O)Cc2ccc(NS(=O)(=O)c3ccc(F)cc3)cc2)c1. The molecule has 0 bridgehead atoms. The summed E-state index contributed by atoms with van der Waals surface area (Å²) in [6.07, 6.45) is 1.06. The molecule has 0 unspecified atom stereocenters. The molecule has 0 aromatic heterocycles. The maximum Gasteiger partial charge on any atom is 0.261 e. The summed E-state index contributed by atoms with van der Waals surface area (Å²) >= 11 is 0. The first-order chi connectivity index (χ1) is 13.9. The van der Waals surface area contributed by atoms with Crippen LogP contribution in [-0.2, 0) is 27.7 Å². The summed E-state index contributed by atoms with van der Waals surface area (Å²) in [6, 6.07) is 18.8. The molecular weight excluding hydrogens is 391 g/mol. The summed E-state index contributed by atoms with van der Waals surface area (Å²) in [5, 5.41) is 2.86. The first-order valence-electron chi connectivity index (χ1n) is 9.12. The first kappa shape index (κ1) is 20.5. The molecule has 3 aromatic rings. The molecule has 0 saturated heterocycles. The van der Waals surface area contributed by atoms with Crippen molar-refractivity contribution in [2.24, 2.45) is 0 Å². The number of carbonyl (C=O) groups is 1. The third-order valence-corrected chi connectivity index (χ3v) is 5.71. The van der Waals surface area contributed by atoms with Crippen LogP contribution in [0.4, 0.5) is 15.8 Å². The highest BCUT2D eigenvalue weighted by Gasteiger charge is 2.14. The molecule has 0 saturated carbocycles. The fourth-order valence-electron chi connectivity index (χ4n) is 2.78. The van der Waals surface area contributed by atoms with Gasteiger partial charge in [-0.15, -0.1) is 0 Å². The molecule has 3 aromatic carbocycles. The average molecular weight is 412 g/mol. The molecule has 2 N–H and O–H groups in total. The number of hydrogen-bond acceptors (Lipinski definition) is 3. The Labute approximate surface area is 169 Å². The van der Waals surface area contributed by atoms with Crippen LogP contribution < -0.4 is 10.0 Å². The fraction of sp³-hybridized carbons (Fsp3) is 0.136. The minimum Gasteiger partial charge on any atom is -0.326 e. The van der Waals surface area contributed by atoms with E-state index in [-0.39, 0.29) is 17.2 Å². The quantitative estimate of drug-likeness (QED) is 0.605. The molecule has 0 aliphatic carbocycles. The number of hydrogen-bond donors (Lipinski definition) is 2. The summed E-state index contributed by atoms with van der Waals surface area (Å²) in [6.45, 7) is 2.05. The second-order valence-electron chi connectivity index (χ2n) is 6.54. The predicted molar refractivity (Wildman–Crippen MR) is 112 cm³/mol. The molecule has 5 nitrogen and oxygen atoms in total. The van der Waals surface area contributed by atoms with Gasteiger partial charge in [0.25, 0.3) is 10.0 Å². The van der Waals surface area contributed by atoms with Gasteiger partial charge in [-0.1, -0.05) is 31.2 Å². The van der Waals surface area contributed by atoms with Crippen LogP contribution in [0.2, 0.25) is 0 Å². The van der Waals surface area contributed by atoms with E-state index >= 15 is 0 Å². The molecule has 0 fully saturated rings. The summed E-state index contributed by atoms with van der Waals surface area (Å²) in [5.74, 6) is -0.661. The number of rotatable bonds is 7. The fourth-order valence-corrected chi connectivity index (χ4v) is 3.84. The minimum absolute atomic E-state index is 0.0309. The Morgan fingerprint density at radius 2 is 1.59 bits per heavy atom. The summed E-state index contributed by atoms with van der Waals surface area (Å²) in [5.41, 5.74) is 2.99. The number of sulfonamides is 1. The van der Waals surface area contributed by atoms with Crippen molar-refractivity contribution in [2.75, 3.05) is 10.0 Å². The standard InChI is InChI=1S/C22H21FN2O3S/c1-2-16-4-3-5-20(14-16)24-22(26)15-17-6-10-19(11-7-17)25-29(27,28)21-12-8-18(23)9-13-21/h3-14,25H,2,15H2,1H3,(H,24,26). The van der Waals surface area contributed by atoms with E-state index in [4.69, 9.17) is 0 Å². The zero-order valence-electron chi connectivity index (χ0n) is 15.9. The second kappa shape index (κ2) is 8.87. The number of amides is 1. The number of benzene rings is 3. The molecule has 0 heterocycles. The van der Waals surface area contributed by atoms with Gasteiger partial charge in [0.1, 0.15) is 5.82 Å². The van der Waals surface area contributed by atoms with Crippen LogP contribution in [0.5, 0.6) is 0 Å². The first-order valence-corrected chi connectivity index (χ1v) is 10.6. The van der Waals surface area contributed by atoms with Gasteiger partial charge in [-0.3, -0.25) is 9.52 Å².